The van der Waals surface area contributed by atoms with Gasteiger partial charge in [0.1, 0.15) is 0 Å². The molecule has 3 rings (SSSR count). The molecular weight excluding hydrogens is 336 g/mol. The zero-order valence-electron chi connectivity index (χ0n) is 14.9. The van der Waals surface area contributed by atoms with E-state index in [4.69, 9.17) is 0 Å². The monoisotopic (exact) mass is 364 g/mol. The summed E-state index contributed by atoms with van der Waals surface area (Å²) in [6.45, 7) is 1.65. The van der Waals surface area contributed by atoms with Crippen molar-refractivity contribution in [2.24, 2.45) is 0 Å². The van der Waals surface area contributed by atoms with Crippen molar-refractivity contribution < 1.29 is 13.2 Å². The van der Waals surface area contributed by atoms with Crippen molar-refractivity contribution in [2.45, 2.75) is 49.2 Å². The Kier molecular flexibility index (Phi) is 5.37. The van der Waals surface area contributed by atoms with Crippen LogP contribution in [0, 0.1) is 0 Å². The van der Waals surface area contributed by atoms with E-state index < -0.39 is 14.6 Å². The predicted molar refractivity (Wildman–Crippen MR) is 99.4 cm³/mol. The van der Waals surface area contributed by atoms with E-state index in [1.807, 2.05) is 23.1 Å². The minimum absolute atomic E-state index is 0.132. The van der Waals surface area contributed by atoms with Gasteiger partial charge >= 0.3 is 6.03 Å². The van der Waals surface area contributed by atoms with Crippen LogP contribution in [0.15, 0.2) is 30.3 Å². The number of nitrogens with zero attached hydrogens (tertiary/aromatic N) is 1. The van der Waals surface area contributed by atoms with Crippen LogP contribution in [0.5, 0.6) is 0 Å². The molecular formula is C19H28N2O3S. The first-order valence-corrected chi connectivity index (χ1v) is 11.1. The molecule has 1 aromatic rings. The van der Waals surface area contributed by atoms with E-state index in [1.54, 1.807) is 0 Å². The largest absolute Gasteiger partial charge is 0.336 e. The molecule has 1 aliphatic heterocycles. The molecule has 2 aliphatic rings. The third-order valence-corrected chi connectivity index (χ3v) is 7.99. The van der Waals surface area contributed by atoms with Gasteiger partial charge < -0.3 is 10.2 Å². The summed E-state index contributed by atoms with van der Waals surface area (Å²) >= 11 is 0. The zero-order valence-corrected chi connectivity index (χ0v) is 15.7. The molecule has 2 amide bonds. The lowest BCUT2D eigenvalue weighted by Crippen LogP contribution is -2.52. The molecule has 1 atom stereocenters. The van der Waals surface area contributed by atoms with Crippen LogP contribution in [0.3, 0.4) is 0 Å². The Hall–Kier alpha value is -1.56. The lowest BCUT2D eigenvalue weighted by Gasteiger charge is -2.36. The van der Waals surface area contributed by atoms with Crippen molar-refractivity contribution in [3.8, 4) is 0 Å². The molecule has 0 spiro atoms. The summed E-state index contributed by atoms with van der Waals surface area (Å²) in [6, 6.07) is 10.1. The van der Waals surface area contributed by atoms with Crippen LogP contribution < -0.4 is 5.32 Å². The summed E-state index contributed by atoms with van der Waals surface area (Å²) in [7, 11) is -3.19. The number of hydrogen-bond donors (Lipinski definition) is 1. The van der Waals surface area contributed by atoms with Gasteiger partial charge in [0.2, 0.25) is 0 Å². The Labute approximate surface area is 150 Å². The molecule has 1 unspecified atom stereocenters. The minimum atomic E-state index is -3.19. The van der Waals surface area contributed by atoms with Gasteiger partial charge in [-0.3, -0.25) is 0 Å². The number of nitrogens with one attached hydrogen (secondary N) is 1. The number of amides is 2. The first kappa shape index (κ1) is 18.2. The van der Waals surface area contributed by atoms with Gasteiger partial charge in [-0.2, -0.15) is 0 Å². The summed E-state index contributed by atoms with van der Waals surface area (Å²) in [5.74, 6) is 0.366. The van der Waals surface area contributed by atoms with Gasteiger partial charge in [0, 0.05) is 31.8 Å². The topological polar surface area (TPSA) is 66.5 Å². The first-order valence-electron chi connectivity index (χ1n) is 9.19. The second-order valence-corrected chi connectivity index (χ2v) is 9.93. The van der Waals surface area contributed by atoms with Crippen LogP contribution >= 0.6 is 0 Å². The second-order valence-electron chi connectivity index (χ2n) is 7.52. The molecule has 25 heavy (non-hydrogen) atoms. The number of benzene rings is 1. The van der Waals surface area contributed by atoms with Crippen LogP contribution in [-0.4, -0.2) is 50.0 Å². The quantitative estimate of drug-likeness (QED) is 0.893. The standard InChI is InChI=1S/C19H28N2O3S/c1-25(23,24)19(11-6-3-7-12-19)15-20-18(22)21-13-10-17(14-21)16-8-4-2-5-9-16/h2,4-5,8-9,17H,3,6-7,10-15H2,1H3,(H,20,22). The fourth-order valence-corrected chi connectivity index (χ4v) is 5.53. The van der Waals surface area contributed by atoms with E-state index in [1.165, 1.54) is 11.8 Å². The maximum Gasteiger partial charge on any atom is 0.317 e. The Bertz CT molecular complexity index is 697. The van der Waals surface area contributed by atoms with E-state index in [2.05, 4.69) is 17.4 Å². The smallest absolute Gasteiger partial charge is 0.317 e. The third-order valence-electron chi connectivity index (χ3n) is 5.86. The second kappa shape index (κ2) is 7.36. The van der Waals surface area contributed by atoms with E-state index in [0.717, 1.165) is 32.2 Å². The molecule has 1 N–H and O–H groups in total. The van der Waals surface area contributed by atoms with Gasteiger partial charge in [-0.05, 0) is 24.8 Å². The van der Waals surface area contributed by atoms with E-state index >= 15 is 0 Å². The van der Waals surface area contributed by atoms with Gasteiger partial charge in [0.05, 0.1) is 4.75 Å². The normalized spacial score (nSPS) is 23.4. The molecule has 0 aromatic heterocycles. The molecule has 0 radical (unpaired) electrons. The average Bonchev–Trinajstić information content (AvgIpc) is 3.10. The summed E-state index contributed by atoms with van der Waals surface area (Å²) in [4.78, 5) is 14.4. The van der Waals surface area contributed by atoms with Gasteiger partial charge in [0.15, 0.2) is 9.84 Å². The number of urea groups is 1. The van der Waals surface area contributed by atoms with Gasteiger partial charge in [-0.15, -0.1) is 0 Å². The maximum absolute atomic E-state index is 12.6. The van der Waals surface area contributed by atoms with E-state index in [-0.39, 0.29) is 12.6 Å². The Balaban J connectivity index is 1.59. The van der Waals surface area contributed by atoms with E-state index in [9.17, 15) is 13.2 Å². The fraction of sp³-hybridized carbons (Fsp3) is 0.632. The number of rotatable bonds is 4. The van der Waals surface area contributed by atoms with Crippen LogP contribution in [0.4, 0.5) is 4.79 Å². The highest BCUT2D eigenvalue weighted by Gasteiger charge is 2.42. The number of carbonyl (C=O) groups excluding carboxylic acids is 1. The van der Waals surface area contributed by atoms with Crippen molar-refractivity contribution >= 4 is 15.9 Å². The highest BCUT2D eigenvalue weighted by atomic mass is 32.2. The number of likely N-dealkylation sites (tertiary alicyclic amines) is 1. The number of carbonyl (C=O) groups is 1. The predicted octanol–water partition coefficient (Wildman–Crippen LogP) is 2.93. The average molecular weight is 365 g/mol. The molecule has 2 fully saturated rings. The molecule has 6 heteroatoms. The summed E-state index contributed by atoms with van der Waals surface area (Å²) < 4.78 is 23.9. The van der Waals surface area contributed by atoms with Crippen molar-refractivity contribution in [3.63, 3.8) is 0 Å². The highest BCUT2D eigenvalue weighted by Crippen LogP contribution is 2.34. The molecule has 0 bridgehead atoms. The summed E-state index contributed by atoms with van der Waals surface area (Å²) in [6.07, 6.45) is 6.49. The molecule has 1 aliphatic carbocycles. The third kappa shape index (κ3) is 4.00. The summed E-state index contributed by atoms with van der Waals surface area (Å²) in [5.41, 5.74) is 1.26. The van der Waals surface area contributed by atoms with Crippen LogP contribution in [0.25, 0.3) is 0 Å². The SMILES string of the molecule is CS(=O)(=O)C1(CNC(=O)N2CCC(c3ccccc3)C2)CCCCC1. The fourth-order valence-electron chi connectivity index (χ4n) is 4.17. The molecule has 1 saturated carbocycles. The number of hydrogen-bond acceptors (Lipinski definition) is 3. The maximum atomic E-state index is 12.6. The van der Waals surface area contributed by atoms with Gasteiger partial charge in [0.25, 0.3) is 0 Å². The van der Waals surface area contributed by atoms with Gasteiger partial charge in [-0.1, -0.05) is 49.6 Å². The summed E-state index contributed by atoms with van der Waals surface area (Å²) in [5, 5.41) is 2.92. The molecule has 1 saturated heterocycles. The van der Waals surface area contributed by atoms with Crippen LogP contribution in [0.1, 0.15) is 50.0 Å². The Morgan fingerprint density at radius 3 is 2.52 bits per heavy atom. The van der Waals surface area contributed by atoms with Crippen molar-refractivity contribution in [1.82, 2.24) is 10.2 Å². The van der Waals surface area contributed by atoms with Crippen molar-refractivity contribution in [1.29, 1.82) is 0 Å². The zero-order chi connectivity index (χ0) is 17.9. The van der Waals surface area contributed by atoms with Crippen LogP contribution in [-0.2, 0) is 9.84 Å². The lowest BCUT2D eigenvalue weighted by molar-refractivity contribution is 0.205. The minimum Gasteiger partial charge on any atom is -0.336 e. The van der Waals surface area contributed by atoms with E-state index in [0.29, 0.717) is 25.3 Å². The Morgan fingerprint density at radius 1 is 1.20 bits per heavy atom. The molecule has 138 valence electrons. The molecule has 5 nitrogen and oxygen atoms in total. The number of sulfone groups is 1. The highest BCUT2D eigenvalue weighted by molar-refractivity contribution is 7.92. The first-order chi connectivity index (χ1) is 11.9. The molecule has 1 aromatic carbocycles. The van der Waals surface area contributed by atoms with Gasteiger partial charge in [-0.25, -0.2) is 13.2 Å². The Morgan fingerprint density at radius 2 is 1.88 bits per heavy atom. The van der Waals surface area contributed by atoms with Crippen LogP contribution in [0.2, 0.25) is 0 Å². The molecule has 1 heterocycles. The van der Waals surface area contributed by atoms with Crippen molar-refractivity contribution in [3.05, 3.63) is 35.9 Å². The lowest BCUT2D eigenvalue weighted by atomic mass is 9.88. The van der Waals surface area contributed by atoms with Crippen molar-refractivity contribution in [2.75, 3.05) is 25.9 Å².